The fraction of sp³-hybridized carbons (Fsp3) is 0.111. The Kier molecular flexibility index (Phi) is 1.61. The van der Waals surface area contributed by atoms with Crippen molar-refractivity contribution in [3.8, 4) is 0 Å². The average Bonchev–Trinajstić information content (AvgIpc) is 2.31. The lowest BCUT2D eigenvalue weighted by Crippen LogP contribution is -1.80. The van der Waals surface area contributed by atoms with E-state index in [-0.39, 0.29) is 0 Å². The second-order valence-electron chi connectivity index (χ2n) is 2.68. The van der Waals surface area contributed by atoms with Crippen LogP contribution in [-0.4, -0.2) is 0 Å². The van der Waals surface area contributed by atoms with Gasteiger partial charge in [0.1, 0.15) is 11.6 Å². The van der Waals surface area contributed by atoms with E-state index in [9.17, 15) is 8.78 Å². The Labute approximate surface area is 72.4 Å². The van der Waals surface area contributed by atoms with Gasteiger partial charge in [-0.2, -0.15) is 0 Å². The normalized spacial score (nSPS) is 10.9. The van der Waals surface area contributed by atoms with Gasteiger partial charge in [0.05, 0.1) is 0 Å². The van der Waals surface area contributed by atoms with Crippen molar-refractivity contribution in [3.05, 3.63) is 34.7 Å². The van der Waals surface area contributed by atoms with Gasteiger partial charge in [0.2, 0.25) is 0 Å². The number of hydrogen-bond donors (Lipinski definition) is 0. The summed E-state index contributed by atoms with van der Waals surface area (Å²) < 4.78 is 26.5. The Balaban J connectivity index is 2.93. The van der Waals surface area contributed by atoms with E-state index in [2.05, 4.69) is 0 Å². The molecule has 0 radical (unpaired) electrons. The Morgan fingerprint density at radius 2 is 2.00 bits per heavy atom. The van der Waals surface area contributed by atoms with Crippen LogP contribution in [0.4, 0.5) is 8.78 Å². The summed E-state index contributed by atoms with van der Waals surface area (Å²) in [6, 6.07) is 2.28. The fourth-order valence-electron chi connectivity index (χ4n) is 1.24. The highest BCUT2D eigenvalue weighted by Crippen LogP contribution is 2.28. The predicted molar refractivity (Wildman–Crippen MR) is 46.5 cm³/mol. The lowest BCUT2D eigenvalue weighted by molar-refractivity contribution is 0.592. The van der Waals surface area contributed by atoms with Gasteiger partial charge in [0.25, 0.3) is 0 Å². The molecule has 0 aliphatic carbocycles. The SMILES string of the molecule is Cc1csc2cc(F)cc(F)c12. The highest BCUT2D eigenvalue weighted by Gasteiger charge is 2.07. The van der Waals surface area contributed by atoms with E-state index in [1.54, 1.807) is 0 Å². The first-order valence-corrected chi connectivity index (χ1v) is 4.39. The van der Waals surface area contributed by atoms with E-state index in [0.717, 1.165) is 11.6 Å². The van der Waals surface area contributed by atoms with Gasteiger partial charge < -0.3 is 0 Å². The number of hydrogen-bond acceptors (Lipinski definition) is 1. The summed E-state index contributed by atoms with van der Waals surface area (Å²) in [6.45, 7) is 1.82. The Hall–Kier alpha value is -0.960. The minimum absolute atomic E-state index is 0.469. The zero-order valence-electron chi connectivity index (χ0n) is 6.40. The topological polar surface area (TPSA) is 0 Å². The van der Waals surface area contributed by atoms with Crippen molar-refractivity contribution in [3.63, 3.8) is 0 Å². The summed E-state index contributed by atoms with van der Waals surface area (Å²) in [5.74, 6) is -0.981. The van der Waals surface area contributed by atoms with Gasteiger partial charge in [0.15, 0.2) is 0 Å². The van der Waals surface area contributed by atoms with Crippen LogP contribution in [0.15, 0.2) is 17.5 Å². The molecule has 62 valence electrons. The van der Waals surface area contributed by atoms with Crippen LogP contribution in [0.2, 0.25) is 0 Å². The monoisotopic (exact) mass is 184 g/mol. The van der Waals surface area contributed by atoms with Gasteiger partial charge >= 0.3 is 0 Å². The third kappa shape index (κ3) is 1.01. The molecule has 0 saturated carbocycles. The predicted octanol–water partition coefficient (Wildman–Crippen LogP) is 3.49. The van der Waals surface area contributed by atoms with Crippen molar-refractivity contribution < 1.29 is 8.78 Å². The lowest BCUT2D eigenvalue weighted by atomic mass is 10.2. The molecule has 0 nitrogen and oxygen atoms in total. The average molecular weight is 184 g/mol. The fourth-order valence-corrected chi connectivity index (χ4v) is 2.21. The summed E-state index contributed by atoms with van der Waals surface area (Å²) in [7, 11) is 0. The number of benzene rings is 1. The van der Waals surface area contributed by atoms with Gasteiger partial charge in [-0.25, -0.2) is 8.78 Å². The van der Waals surface area contributed by atoms with Gasteiger partial charge in [-0.05, 0) is 23.9 Å². The molecule has 1 aromatic carbocycles. The molecular formula is C9H6F2S. The van der Waals surface area contributed by atoms with E-state index in [4.69, 9.17) is 0 Å². The maximum absolute atomic E-state index is 13.1. The molecule has 12 heavy (non-hydrogen) atoms. The van der Waals surface area contributed by atoms with E-state index >= 15 is 0 Å². The minimum atomic E-state index is -0.512. The van der Waals surface area contributed by atoms with Crippen molar-refractivity contribution in [2.45, 2.75) is 6.92 Å². The molecule has 2 aromatic rings. The molecule has 1 aromatic heterocycles. The number of aryl methyl sites for hydroxylation is 1. The summed E-state index contributed by atoms with van der Waals surface area (Å²) >= 11 is 1.36. The van der Waals surface area contributed by atoms with E-state index in [1.165, 1.54) is 17.4 Å². The third-order valence-electron chi connectivity index (χ3n) is 1.78. The summed E-state index contributed by atoms with van der Waals surface area (Å²) in [5.41, 5.74) is 0.868. The van der Waals surface area contributed by atoms with E-state index in [0.29, 0.717) is 10.1 Å². The second kappa shape index (κ2) is 2.52. The smallest absolute Gasteiger partial charge is 0.135 e. The zero-order chi connectivity index (χ0) is 8.72. The first-order chi connectivity index (χ1) is 5.68. The molecule has 0 saturated heterocycles. The molecule has 0 aliphatic heterocycles. The Morgan fingerprint density at radius 3 is 2.75 bits per heavy atom. The van der Waals surface area contributed by atoms with Crippen LogP contribution in [0.25, 0.3) is 10.1 Å². The highest BCUT2D eigenvalue weighted by molar-refractivity contribution is 7.17. The van der Waals surface area contributed by atoms with Crippen LogP contribution < -0.4 is 0 Å². The van der Waals surface area contributed by atoms with Crippen molar-refractivity contribution in [2.24, 2.45) is 0 Å². The number of halogens is 2. The van der Waals surface area contributed by atoms with Gasteiger partial charge in [-0.3, -0.25) is 0 Å². The van der Waals surface area contributed by atoms with Crippen molar-refractivity contribution >= 4 is 21.4 Å². The van der Waals surface area contributed by atoms with E-state index in [1.807, 2.05) is 12.3 Å². The van der Waals surface area contributed by atoms with Gasteiger partial charge in [-0.15, -0.1) is 11.3 Å². The second-order valence-corrected chi connectivity index (χ2v) is 3.59. The Morgan fingerprint density at radius 1 is 1.25 bits per heavy atom. The molecule has 0 amide bonds. The summed E-state index contributed by atoms with van der Waals surface area (Å²) in [6.07, 6.45) is 0. The van der Waals surface area contributed by atoms with Crippen molar-refractivity contribution in [1.29, 1.82) is 0 Å². The maximum atomic E-state index is 13.1. The van der Waals surface area contributed by atoms with Crippen molar-refractivity contribution in [1.82, 2.24) is 0 Å². The molecule has 0 bridgehead atoms. The molecule has 3 heteroatoms. The molecule has 1 heterocycles. The summed E-state index contributed by atoms with van der Waals surface area (Å²) in [4.78, 5) is 0. The maximum Gasteiger partial charge on any atom is 0.135 e. The first-order valence-electron chi connectivity index (χ1n) is 3.51. The van der Waals surface area contributed by atoms with Crippen LogP contribution in [0.3, 0.4) is 0 Å². The Bertz CT molecular complexity index is 431. The molecule has 0 N–H and O–H groups in total. The van der Waals surface area contributed by atoms with Crippen LogP contribution >= 0.6 is 11.3 Å². The highest BCUT2D eigenvalue weighted by atomic mass is 32.1. The molecule has 0 unspecified atom stereocenters. The molecule has 0 atom stereocenters. The number of thiophene rings is 1. The minimum Gasteiger partial charge on any atom is -0.207 e. The lowest BCUT2D eigenvalue weighted by Gasteiger charge is -1.94. The van der Waals surface area contributed by atoms with Gasteiger partial charge in [-0.1, -0.05) is 0 Å². The number of fused-ring (bicyclic) bond motifs is 1. The molecule has 0 aliphatic rings. The van der Waals surface area contributed by atoms with E-state index < -0.39 is 11.6 Å². The largest absolute Gasteiger partial charge is 0.207 e. The van der Waals surface area contributed by atoms with Crippen LogP contribution in [-0.2, 0) is 0 Å². The first kappa shape index (κ1) is 7.68. The number of rotatable bonds is 0. The molecular weight excluding hydrogens is 178 g/mol. The van der Waals surface area contributed by atoms with Crippen molar-refractivity contribution in [2.75, 3.05) is 0 Å². The van der Waals surface area contributed by atoms with Crippen LogP contribution in [0.5, 0.6) is 0 Å². The third-order valence-corrected chi connectivity index (χ3v) is 2.82. The van der Waals surface area contributed by atoms with Crippen LogP contribution in [0.1, 0.15) is 5.56 Å². The van der Waals surface area contributed by atoms with Crippen LogP contribution in [0, 0.1) is 18.6 Å². The zero-order valence-corrected chi connectivity index (χ0v) is 7.21. The standard InChI is InChI=1S/C9H6F2S/c1-5-4-12-8-3-6(10)2-7(11)9(5)8/h2-4H,1H3. The van der Waals surface area contributed by atoms with Gasteiger partial charge in [0, 0.05) is 16.2 Å². The summed E-state index contributed by atoms with van der Waals surface area (Å²) in [5, 5.41) is 2.37. The quantitative estimate of drug-likeness (QED) is 0.588. The molecule has 0 spiro atoms. The molecule has 0 fully saturated rings. The molecule has 2 rings (SSSR count).